The molecular weight excluding hydrogens is 220 g/mol. The number of hydrogen-bond acceptors (Lipinski definition) is 2. The Hall–Kier alpha value is -0.990. The predicted molar refractivity (Wildman–Crippen MR) is 67.4 cm³/mol. The molecule has 1 fully saturated rings. The highest BCUT2D eigenvalue weighted by atomic mass is 35.5. The highest BCUT2D eigenvalue weighted by Crippen LogP contribution is 2.42. The largest absolute Gasteiger partial charge is 0.375 e. The van der Waals surface area contributed by atoms with Crippen LogP contribution in [0.2, 0.25) is 5.02 Å². The van der Waals surface area contributed by atoms with Gasteiger partial charge in [0.2, 0.25) is 0 Å². The minimum Gasteiger partial charge on any atom is -0.375 e. The first kappa shape index (κ1) is 10.2. The van der Waals surface area contributed by atoms with Gasteiger partial charge < -0.3 is 10.6 Å². The number of halogens is 1. The first-order chi connectivity index (χ1) is 7.71. The Bertz CT molecular complexity index is 447. The minimum atomic E-state index is 0.0720. The van der Waals surface area contributed by atoms with E-state index in [1.807, 2.05) is 6.07 Å². The van der Waals surface area contributed by atoms with Gasteiger partial charge in [0, 0.05) is 16.3 Å². The van der Waals surface area contributed by atoms with E-state index >= 15 is 0 Å². The standard InChI is InChI=1S/C13H15ClN2/c1-9-11-3-2-10(14)8-12(11)13(16-9)4-6-15-7-5-13/h2-3,8,15-16H,1,4-7H2. The molecule has 2 aliphatic rings. The molecule has 0 amide bonds. The summed E-state index contributed by atoms with van der Waals surface area (Å²) in [5.41, 5.74) is 3.66. The Kier molecular flexibility index (Phi) is 2.23. The molecule has 0 atom stereocenters. The summed E-state index contributed by atoms with van der Waals surface area (Å²) >= 11 is 6.10. The van der Waals surface area contributed by atoms with Gasteiger partial charge in [0.25, 0.3) is 0 Å². The van der Waals surface area contributed by atoms with Crippen LogP contribution in [0.25, 0.3) is 5.70 Å². The van der Waals surface area contributed by atoms with E-state index in [9.17, 15) is 0 Å². The quantitative estimate of drug-likeness (QED) is 0.721. The van der Waals surface area contributed by atoms with Crippen LogP contribution in [0.5, 0.6) is 0 Å². The van der Waals surface area contributed by atoms with Gasteiger partial charge in [-0.15, -0.1) is 0 Å². The molecule has 1 aromatic rings. The third-order valence-electron chi connectivity index (χ3n) is 3.67. The lowest BCUT2D eigenvalue weighted by Gasteiger charge is -2.35. The molecule has 1 aromatic carbocycles. The molecule has 0 aliphatic carbocycles. The Morgan fingerprint density at radius 3 is 2.75 bits per heavy atom. The normalized spacial score (nSPS) is 21.9. The Morgan fingerprint density at radius 1 is 1.25 bits per heavy atom. The van der Waals surface area contributed by atoms with Crippen molar-refractivity contribution in [2.75, 3.05) is 13.1 Å². The monoisotopic (exact) mass is 234 g/mol. The summed E-state index contributed by atoms with van der Waals surface area (Å²) in [5, 5.41) is 7.78. The smallest absolute Gasteiger partial charge is 0.0656 e. The molecule has 2 nitrogen and oxygen atoms in total. The third-order valence-corrected chi connectivity index (χ3v) is 3.90. The van der Waals surface area contributed by atoms with Gasteiger partial charge in [-0.1, -0.05) is 24.2 Å². The average molecular weight is 235 g/mol. The van der Waals surface area contributed by atoms with Crippen molar-refractivity contribution in [2.24, 2.45) is 0 Å². The number of rotatable bonds is 0. The zero-order valence-corrected chi connectivity index (χ0v) is 9.90. The molecule has 16 heavy (non-hydrogen) atoms. The summed E-state index contributed by atoms with van der Waals surface area (Å²) in [6.45, 7) is 6.20. The second kappa shape index (κ2) is 3.51. The first-order valence-corrected chi connectivity index (χ1v) is 6.07. The second-order valence-corrected chi connectivity index (χ2v) is 5.06. The summed E-state index contributed by atoms with van der Waals surface area (Å²) in [4.78, 5) is 0. The van der Waals surface area contributed by atoms with Crippen molar-refractivity contribution in [3.8, 4) is 0 Å². The SMILES string of the molecule is C=C1NC2(CCNCC2)c2cc(Cl)ccc21. The fourth-order valence-corrected chi connectivity index (χ4v) is 3.02. The van der Waals surface area contributed by atoms with Crippen LogP contribution in [0, 0.1) is 0 Å². The fraction of sp³-hybridized carbons (Fsp3) is 0.385. The summed E-state index contributed by atoms with van der Waals surface area (Å²) < 4.78 is 0. The van der Waals surface area contributed by atoms with Crippen molar-refractivity contribution in [3.05, 3.63) is 40.9 Å². The topological polar surface area (TPSA) is 24.1 Å². The molecule has 0 bridgehead atoms. The number of hydrogen-bond donors (Lipinski definition) is 2. The highest BCUT2D eigenvalue weighted by molar-refractivity contribution is 6.30. The van der Waals surface area contributed by atoms with Crippen molar-refractivity contribution >= 4 is 17.3 Å². The summed E-state index contributed by atoms with van der Waals surface area (Å²) in [6.07, 6.45) is 2.19. The fourth-order valence-electron chi connectivity index (χ4n) is 2.85. The molecule has 1 spiro atoms. The molecule has 2 heterocycles. The molecule has 3 heteroatoms. The van der Waals surface area contributed by atoms with Crippen LogP contribution in [0.3, 0.4) is 0 Å². The maximum absolute atomic E-state index is 6.10. The summed E-state index contributed by atoms with van der Waals surface area (Å²) in [5.74, 6) is 0. The van der Waals surface area contributed by atoms with Crippen LogP contribution in [-0.4, -0.2) is 13.1 Å². The average Bonchev–Trinajstić information content (AvgIpc) is 2.53. The Morgan fingerprint density at radius 2 is 2.00 bits per heavy atom. The molecule has 1 saturated heterocycles. The molecule has 0 aromatic heterocycles. The van der Waals surface area contributed by atoms with Gasteiger partial charge in [-0.2, -0.15) is 0 Å². The molecule has 0 saturated carbocycles. The van der Waals surface area contributed by atoms with Crippen LogP contribution in [0.1, 0.15) is 24.0 Å². The van der Waals surface area contributed by atoms with E-state index in [2.05, 4.69) is 29.3 Å². The van der Waals surface area contributed by atoms with Crippen LogP contribution in [0.15, 0.2) is 24.8 Å². The number of piperidine rings is 1. The van der Waals surface area contributed by atoms with Crippen molar-refractivity contribution in [3.63, 3.8) is 0 Å². The van der Waals surface area contributed by atoms with Crippen molar-refractivity contribution in [1.29, 1.82) is 0 Å². The molecule has 0 radical (unpaired) electrons. The van der Waals surface area contributed by atoms with E-state index in [1.165, 1.54) is 11.1 Å². The Labute approximate surface area is 101 Å². The molecule has 84 valence electrons. The lowest BCUT2D eigenvalue weighted by atomic mass is 9.82. The van der Waals surface area contributed by atoms with Crippen molar-refractivity contribution < 1.29 is 0 Å². The molecular formula is C13H15ClN2. The van der Waals surface area contributed by atoms with E-state index in [1.54, 1.807) is 0 Å². The highest BCUT2D eigenvalue weighted by Gasteiger charge is 2.40. The molecule has 2 aliphatic heterocycles. The van der Waals surface area contributed by atoms with Crippen LogP contribution >= 0.6 is 11.6 Å². The summed E-state index contributed by atoms with van der Waals surface area (Å²) in [6, 6.07) is 6.10. The maximum Gasteiger partial charge on any atom is 0.0656 e. The molecule has 3 rings (SSSR count). The van der Waals surface area contributed by atoms with Gasteiger partial charge in [0.1, 0.15) is 0 Å². The molecule has 2 N–H and O–H groups in total. The van der Waals surface area contributed by atoms with Crippen LogP contribution < -0.4 is 10.6 Å². The van der Waals surface area contributed by atoms with Gasteiger partial charge >= 0.3 is 0 Å². The van der Waals surface area contributed by atoms with Gasteiger partial charge in [-0.25, -0.2) is 0 Å². The van der Waals surface area contributed by atoms with E-state index in [0.717, 1.165) is 36.7 Å². The van der Waals surface area contributed by atoms with Gasteiger partial charge in [-0.05, 0) is 43.6 Å². The second-order valence-electron chi connectivity index (χ2n) is 4.63. The predicted octanol–water partition coefficient (Wildman–Crippen LogP) is 2.49. The van der Waals surface area contributed by atoms with Crippen LogP contribution in [-0.2, 0) is 5.54 Å². The van der Waals surface area contributed by atoms with E-state index in [-0.39, 0.29) is 5.54 Å². The van der Waals surface area contributed by atoms with E-state index in [4.69, 9.17) is 11.6 Å². The first-order valence-electron chi connectivity index (χ1n) is 5.69. The maximum atomic E-state index is 6.10. The van der Waals surface area contributed by atoms with E-state index in [0.29, 0.717) is 0 Å². The third kappa shape index (κ3) is 1.37. The molecule has 0 unspecified atom stereocenters. The Balaban J connectivity index is 2.12. The van der Waals surface area contributed by atoms with Gasteiger partial charge in [0.05, 0.1) is 5.54 Å². The minimum absolute atomic E-state index is 0.0720. The van der Waals surface area contributed by atoms with Crippen molar-refractivity contribution in [2.45, 2.75) is 18.4 Å². The van der Waals surface area contributed by atoms with Gasteiger partial charge in [0.15, 0.2) is 0 Å². The lowest BCUT2D eigenvalue weighted by molar-refractivity contribution is 0.290. The van der Waals surface area contributed by atoms with Gasteiger partial charge in [-0.3, -0.25) is 0 Å². The number of nitrogens with one attached hydrogen (secondary N) is 2. The lowest BCUT2D eigenvalue weighted by Crippen LogP contribution is -2.45. The number of benzene rings is 1. The van der Waals surface area contributed by atoms with Crippen LogP contribution in [0.4, 0.5) is 0 Å². The van der Waals surface area contributed by atoms with Crippen molar-refractivity contribution in [1.82, 2.24) is 10.6 Å². The van der Waals surface area contributed by atoms with E-state index < -0.39 is 0 Å². The summed E-state index contributed by atoms with van der Waals surface area (Å²) in [7, 11) is 0. The zero-order valence-electron chi connectivity index (χ0n) is 9.15. The number of fused-ring (bicyclic) bond motifs is 2. The zero-order chi connectivity index (χ0) is 11.2.